The van der Waals surface area contributed by atoms with Crippen LogP contribution in [-0.2, 0) is 23.2 Å². The fourth-order valence-electron chi connectivity index (χ4n) is 6.15. The van der Waals surface area contributed by atoms with Gasteiger partial charge in [-0.2, -0.15) is 0 Å². The summed E-state index contributed by atoms with van der Waals surface area (Å²) in [5.74, 6) is 0.833. The smallest absolute Gasteiger partial charge is 0.410 e. The molecule has 5 heteroatoms. The van der Waals surface area contributed by atoms with Gasteiger partial charge in [0, 0.05) is 12.0 Å². The number of piperidine rings is 1. The number of nitrogens with zero attached hydrogens (tertiary/aromatic N) is 1. The van der Waals surface area contributed by atoms with Gasteiger partial charge in [0.15, 0.2) is 0 Å². The molecule has 2 fully saturated rings. The van der Waals surface area contributed by atoms with Crippen LogP contribution in [0, 0.1) is 0 Å². The zero-order valence-corrected chi connectivity index (χ0v) is 17.5. The van der Waals surface area contributed by atoms with E-state index in [4.69, 9.17) is 9.47 Å². The van der Waals surface area contributed by atoms with Gasteiger partial charge in [-0.3, -0.25) is 0 Å². The summed E-state index contributed by atoms with van der Waals surface area (Å²) >= 11 is 0. The average Bonchev–Trinajstić information content (AvgIpc) is 2.78. The van der Waals surface area contributed by atoms with Gasteiger partial charge in [-0.1, -0.05) is 49.2 Å². The molecule has 1 heterocycles. The van der Waals surface area contributed by atoms with Crippen LogP contribution in [0.2, 0.25) is 0 Å². The number of rotatable bonds is 3. The summed E-state index contributed by atoms with van der Waals surface area (Å²) in [4.78, 5) is 14.9. The van der Waals surface area contributed by atoms with E-state index in [2.05, 4.69) is 12.1 Å². The number of carbonyl (C=O) groups excluding carboxylic acids is 1. The number of carbonyl (C=O) groups is 1. The molecule has 2 bridgehead atoms. The second kappa shape index (κ2) is 7.31. The van der Waals surface area contributed by atoms with Crippen molar-refractivity contribution in [2.75, 3.05) is 13.7 Å². The Morgan fingerprint density at radius 2 is 1.93 bits per heavy atom. The Bertz CT molecular complexity index is 945. The lowest BCUT2D eigenvalue weighted by molar-refractivity contribution is -0.159. The van der Waals surface area contributed by atoms with Crippen LogP contribution >= 0.6 is 0 Å². The second-order valence-electron chi connectivity index (χ2n) is 8.94. The Kier molecular flexibility index (Phi) is 4.73. The molecule has 2 aromatic rings. The molecule has 158 valence electrons. The Morgan fingerprint density at radius 1 is 1.13 bits per heavy atom. The number of aliphatic hydroxyl groups is 1. The first kappa shape index (κ1) is 19.4. The van der Waals surface area contributed by atoms with Crippen molar-refractivity contribution >= 4 is 6.09 Å². The Labute approximate surface area is 177 Å². The summed E-state index contributed by atoms with van der Waals surface area (Å²) in [6, 6.07) is 15.7. The number of methoxy groups -OCH3 is 1. The van der Waals surface area contributed by atoms with Gasteiger partial charge in [0.05, 0.1) is 18.8 Å². The number of ether oxygens (including phenoxy) is 2. The van der Waals surface area contributed by atoms with Crippen molar-refractivity contribution in [3.8, 4) is 5.75 Å². The maximum Gasteiger partial charge on any atom is 0.410 e. The quantitative estimate of drug-likeness (QED) is 0.828. The number of likely N-dealkylation sites (tertiary alicyclic amines) is 1. The molecule has 2 aromatic carbocycles. The molecule has 0 aromatic heterocycles. The van der Waals surface area contributed by atoms with Crippen LogP contribution in [-0.4, -0.2) is 41.4 Å². The number of amides is 1. The number of fused-ring (bicyclic) bond motifs is 1. The fourth-order valence-corrected chi connectivity index (χ4v) is 6.15. The first-order valence-electron chi connectivity index (χ1n) is 10.9. The summed E-state index contributed by atoms with van der Waals surface area (Å²) in [6.45, 7) is 0.859. The van der Waals surface area contributed by atoms with Crippen molar-refractivity contribution in [2.45, 2.75) is 62.2 Å². The van der Waals surface area contributed by atoms with Crippen LogP contribution < -0.4 is 4.74 Å². The van der Waals surface area contributed by atoms with Crippen LogP contribution in [0.3, 0.4) is 0 Å². The van der Waals surface area contributed by atoms with Crippen LogP contribution in [0.5, 0.6) is 5.75 Å². The van der Waals surface area contributed by atoms with Crippen molar-refractivity contribution < 1.29 is 19.4 Å². The van der Waals surface area contributed by atoms with Gasteiger partial charge in [0.1, 0.15) is 12.4 Å². The zero-order valence-electron chi connectivity index (χ0n) is 17.5. The molecule has 3 aliphatic rings. The SMILES string of the molecule is COc1ccc2c(c1)[C@@]13CCCC[C@@]1(O)[C@@H](C2)N(C(=O)OCc1ccccc1)CC3. The average molecular weight is 408 g/mol. The third kappa shape index (κ3) is 2.83. The predicted molar refractivity (Wildman–Crippen MR) is 114 cm³/mol. The van der Waals surface area contributed by atoms with E-state index in [-0.39, 0.29) is 24.2 Å². The summed E-state index contributed by atoms with van der Waals surface area (Å²) < 4.78 is 11.2. The zero-order chi connectivity index (χ0) is 20.8. The molecular formula is C25H29NO4. The highest BCUT2D eigenvalue weighted by molar-refractivity contribution is 5.69. The lowest BCUT2D eigenvalue weighted by Crippen LogP contribution is -2.73. The first-order valence-corrected chi connectivity index (χ1v) is 10.9. The molecule has 0 spiro atoms. The summed E-state index contributed by atoms with van der Waals surface area (Å²) in [6.07, 6.45) is 4.83. The molecule has 1 aliphatic heterocycles. The van der Waals surface area contributed by atoms with Gasteiger partial charge in [-0.15, -0.1) is 0 Å². The Morgan fingerprint density at radius 3 is 2.73 bits per heavy atom. The highest BCUT2D eigenvalue weighted by atomic mass is 16.6. The van der Waals surface area contributed by atoms with Crippen molar-refractivity contribution in [3.05, 3.63) is 65.2 Å². The highest BCUT2D eigenvalue weighted by Gasteiger charge is 2.64. The third-order valence-corrected chi connectivity index (χ3v) is 7.63. The molecule has 1 saturated carbocycles. The van der Waals surface area contributed by atoms with E-state index in [1.54, 1.807) is 12.0 Å². The second-order valence-corrected chi connectivity index (χ2v) is 8.94. The van der Waals surface area contributed by atoms with Crippen LogP contribution in [0.15, 0.2) is 48.5 Å². The lowest BCUT2D eigenvalue weighted by atomic mass is 9.49. The molecule has 5 nitrogen and oxygen atoms in total. The minimum atomic E-state index is -0.922. The van der Waals surface area contributed by atoms with E-state index in [0.717, 1.165) is 43.4 Å². The minimum Gasteiger partial charge on any atom is -0.497 e. The normalized spacial score (nSPS) is 29.5. The van der Waals surface area contributed by atoms with E-state index in [1.807, 2.05) is 36.4 Å². The van der Waals surface area contributed by atoms with Crippen LogP contribution in [0.25, 0.3) is 0 Å². The number of hydrogen-bond acceptors (Lipinski definition) is 4. The van der Waals surface area contributed by atoms with E-state index in [0.29, 0.717) is 13.0 Å². The minimum absolute atomic E-state index is 0.250. The number of hydrogen-bond donors (Lipinski definition) is 1. The van der Waals surface area contributed by atoms with E-state index >= 15 is 0 Å². The molecule has 5 rings (SSSR count). The Balaban J connectivity index is 1.47. The fraction of sp³-hybridized carbons (Fsp3) is 0.480. The van der Waals surface area contributed by atoms with Gasteiger partial charge in [0.2, 0.25) is 0 Å². The first-order chi connectivity index (χ1) is 14.6. The van der Waals surface area contributed by atoms with Crippen LogP contribution in [0.4, 0.5) is 4.79 Å². The van der Waals surface area contributed by atoms with Crippen molar-refractivity contribution in [1.82, 2.24) is 4.90 Å². The Hall–Kier alpha value is -2.53. The standard InChI is InChI=1S/C25H29NO4/c1-29-20-10-9-19-15-22-25(28)12-6-5-11-24(25,21(19)16-20)13-14-26(22)23(27)30-17-18-7-3-2-4-8-18/h2-4,7-10,16,22,28H,5-6,11-15,17H2,1H3/t22-,24+,25-/m1/s1. The van der Waals surface area contributed by atoms with Gasteiger partial charge >= 0.3 is 6.09 Å². The monoisotopic (exact) mass is 407 g/mol. The maximum atomic E-state index is 13.1. The van der Waals surface area contributed by atoms with Crippen LogP contribution in [0.1, 0.15) is 48.8 Å². The molecule has 30 heavy (non-hydrogen) atoms. The lowest BCUT2D eigenvalue weighted by Gasteiger charge is -2.63. The molecule has 0 radical (unpaired) electrons. The van der Waals surface area contributed by atoms with Gasteiger partial charge < -0.3 is 19.5 Å². The van der Waals surface area contributed by atoms with Gasteiger partial charge in [-0.25, -0.2) is 4.79 Å². The highest BCUT2D eigenvalue weighted by Crippen LogP contribution is 2.58. The molecule has 1 N–H and O–H groups in total. The molecule has 0 unspecified atom stereocenters. The van der Waals surface area contributed by atoms with Crippen molar-refractivity contribution in [1.29, 1.82) is 0 Å². The molecule has 1 saturated heterocycles. The molecular weight excluding hydrogens is 378 g/mol. The molecule has 3 atom stereocenters. The third-order valence-electron chi connectivity index (χ3n) is 7.63. The van der Waals surface area contributed by atoms with Crippen molar-refractivity contribution in [3.63, 3.8) is 0 Å². The van der Waals surface area contributed by atoms with E-state index < -0.39 is 5.60 Å². The predicted octanol–water partition coefficient (Wildman–Crippen LogP) is 4.21. The van der Waals surface area contributed by atoms with E-state index in [9.17, 15) is 9.90 Å². The van der Waals surface area contributed by atoms with E-state index in [1.165, 1.54) is 11.1 Å². The largest absolute Gasteiger partial charge is 0.497 e. The summed E-state index contributed by atoms with van der Waals surface area (Å²) in [5, 5.41) is 12.1. The maximum absolute atomic E-state index is 13.1. The van der Waals surface area contributed by atoms with Gasteiger partial charge in [0.25, 0.3) is 0 Å². The molecule has 2 aliphatic carbocycles. The topological polar surface area (TPSA) is 59.0 Å². The summed E-state index contributed by atoms with van der Waals surface area (Å²) in [5.41, 5.74) is 2.17. The summed E-state index contributed by atoms with van der Waals surface area (Å²) in [7, 11) is 1.68. The van der Waals surface area contributed by atoms with Crippen molar-refractivity contribution in [2.24, 2.45) is 0 Å². The number of benzene rings is 2. The molecule has 1 amide bonds. The van der Waals surface area contributed by atoms with Gasteiger partial charge in [-0.05, 0) is 54.5 Å².